The molecule has 0 radical (unpaired) electrons. The number of carbonyl (C=O) groups excluding carboxylic acids is 2. The molecular weight excluding hydrogens is 511 g/mol. The van der Waals surface area contributed by atoms with Crippen molar-refractivity contribution in [2.24, 2.45) is 0 Å². The number of ether oxygens (including phenoxy) is 4. The van der Waals surface area contributed by atoms with E-state index in [2.05, 4.69) is 15.3 Å². The van der Waals surface area contributed by atoms with Crippen LogP contribution in [0.1, 0.15) is 31.0 Å². The number of methoxy groups -OCH3 is 2. The van der Waals surface area contributed by atoms with Crippen molar-refractivity contribution in [3.63, 3.8) is 0 Å². The predicted molar refractivity (Wildman–Crippen MR) is 133 cm³/mol. The third-order valence-corrected chi connectivity index (χ3v) is 6.15. The zero-order valence-corrected chi connectivity index (χ0v) is 21.7. The lowest BCUT2D eigenvalue weighted by Crippen LogP contribution is -2.34. The molecule has 192 valence electrons. The maximum atomic E-state index is 13.2. The molecule has 3 N–H and O–H groups in total. The van der Waals surface area contributed by atoms with E-state index in [0.717, 1.165) is 0 Å². The number of dihydropyridines is 1. The molecule has 0 aliphatic carbocycles. The average Bonchev–Trinajstić information content (AvgIpc) is 2.84. The van der Waals surface area contributed by atoms with Gasteiger partial charge in [0.15, 0.2) is 0 Å². The number of nitrogens with zero attached hydrogens (tertiary/aromatic N) is 2. The smallest absolute Gasteiger partial charge is 0.336 e. The lowest BCUT2D eigenvalue weighted by atomic mass is 9.80. The zero-order valence-electron chi connectivity index (χ0n) is 20.2. The first-order valence-corrected chi connectivity index (χ1v) is 11.6. The minimum atomic E-state index is -0.919. The Morgan fingerprint density at radius 3 is 2.53 bits per heavy atom. The van der Waals surface area contributed by atoms with E-state index in [-0.39, 0.29) is 47.0 Å². The van der Waals surface area contributed by atoms with Gasteiger partial charge in [-0.05, 0) is 25.5 Å². The molecule has 0 saturated carbocycles. The van der Waals surface area contributed by atoms with Gasteiger partial charge >= 0.3 is 11.9 Å². The van der Waals surface area contributed by atoms with E-state index in [9.17, 15) is 9.59 Å². The molecule has 1 atom stereocenters. The summed E-state index contributed by atoms with van der Waals surface area (Å²) < 4.78 is 21.3. The summed E-state index contributed by atoms with van der Waals surface area (Å²) in [4.78, 5) is 34.1. The molecule has 3 rings (SSSR count). The van der Waals surface area contributed by atoms with Gasteiger partial charge in [-0.25, -0.2) is 14.6 Å². The van der Waals surface area contributed by atoms with Crippen molar-refractivity contribution in [1.82, 2.24) is 15.3 Å². The molecule has 1 aromatic carbocycles. The predicted octanol–water partition coefficient (Wildman–Crippen LogP) is 3.54. The summed E-state index contributed by atoms with van der Waals surface area (Å²) in [6, 6.07) is 6.57. The molecule has 0 saturated heterocycles. The van der Waals surface area contributed by atoms with Crippen LogP contribution in [0.3, 0.4) is 0 Å². The van der Waals surface area contributed by atoms with E-state index >= 15 is 0 Å². The molecule has 1 aliphatic rings. The lowest BCUT2D eigenvalue weighted by Gasteiger charge is -2.31. The largest absolute Gasteiger partial charge is 0.481 e. The Morgan fingerprint density at radius 1 is 1.11 bits per heavy atom. The van der Waals surface area contributed by atoms with Gasteiger partial charge in [-0.3, -0.25) is 0 Å². The van der Waals surface area contributed by atoms with Crippen molar-refractivity contribution < 1.29 is 28.5 Å². The second-order valence-electron chi connectivity index (χ2n) is 7.60. The number of rotatable bonds is 9. The Hall–Kier alpha value is -3.34. The number of halogens is 2. The first-order valence-electron chi connectivity index (χ1n) is 10.9. The van der Waals surface area contributed by atoms with Crippen LogP contribution in [0.4, 0.5) is 5.95 Å². The summed E-state index contributed by atoms with van der Waals surface area (Å²) >= 11 is 12.8. The Kier molecular flexibility index (Phi) is 9.14. The van der Waals surface area contributed by atoms with Crippen LogP contribution >= 0.6 is 23.2 Å². The Bertz CT molecular complexity index is 1230. The number of nitrogens with one attached hydrogen (secondary N) is 1. The summed E-state index contributed by atoms with van der Waals surface area (Å²) in [5.41, 5.74) is 7.82. The molecule has 0 bridgehead atoms. The highest BCUT2D eigenvalue weighted by Crippen LogP contribution is 2.43. The van der Waals surface area contributed by atoms with Crippen LogP contribution in [-0.4, -0.2) is 49.3 Å². The number of nitrogens with two attached hydrogens (primary N) is 1. The topological polar surface area (TPSA) is 135 Å². The van der Waals surface area contributed by atoms with E-state index in [1.807, 2.05) is 0 Å². The summed E-state index contributed by atoms with van der Waals surface area (Å²) in [6.45, 7) is 3.47. The van der Waals surface area contributed by atoms with E-state index < -0.39 is 17.9 Å². The second kappa shape index (κ2) is 12.1. The molecule has 1 aromatic heterocycles. The number of aromatic nitrogens is 2. The Morgan fingerprint density at radius 2 is 1.86 bits per heavy atom. The summed E-state index contributed by atoms with van der Waals surface area (Å²) in [6.07, 6.45) is 0. The molecule has 10 nitrogen and oxygen atoms in total. The number of hydrogen-bond donors (Lipinski definition) is 2. The fourth-order valence-corrected chi connectivity index (χ4v) is 4.24. The van der Waals surface area contributed by atoms with Gasteiger partial charge in [-0.15, -0.1) is 0 Å². The molecule has 1 unspecified atom stereocenters. The Balaban J connectivity index is 2.06. The highest BCUT2D eigenvalue weighted by molar-refractivity contribution is 6.42. The molecule has 0 fully saturated rings. The highest BCUT2D eigenvalue weighted by atomic mass is 35.5. The normalized spacial score (nSPS) is 15.4. The minimum absolute atomic E-state index is 0.0346. The van der Waals surface area contributed by atoms with Gasteiger partial charge < -0.3 is 30.0 Å². The Labute approximate surface area is 218 Å². The maximum Gasteiger partial charge on any atom is 0.336 e. The fraction of sp³-hybridized carbons (Fsp3) is 0.333. The van der Waals surface area contributed by atoms with Crippen LogP contribution in [-0.2, 0) is 30.4 Å². The first kappa shape index (κ1) is 27.3. The van der Waals surface area contributed by atoms with Gasteiger partial charge in [-0.2, -0.15) is 4.98 Å². The maximum absolute atomic E-state index is 13.2. The number of carbonyl (C=O) groups is 2. The van der Waals surface area contributed by atoms with Gasteiger partial charge in [0.2, 0.25) is 11.8 Å². The molecule has 0 spiro atoms. The van der Waals surface area contributed by atoms with Crippen molar-refractivity contribution in [3.8, 4) is 5.88 Å². The monoisotopic (exact) mass is 536 g/mol. The third kappa shape index (κ3) is 5.89. The quantitative estimate of drug-likeness (QED) is 0.458. The number of benzene rings is 1. The van der Waals surface area contributed by atoms with Gasteiger partial charge in [0.1, 0.15) is 0 Å². The van der Waals surface area contributed by atoms with Crippen molar-refractivity contribution >= 4 is 41.1 Å². The van der Waals surface area contributed by atoms with Crippen molar-refractivity contribution in [1.29, 1.82) is 0 Å². The fourth-order valence-electron chi connectivity index (χ4n) is 3.82. The summed E-state index contributed by atoms with van der Waals surface area (Å²) in [5, 5.41) is 3.57. The molecule has 1 aliphatic heterocycles. The van der Waals surface area contributed by atoms with Crippen LogP contribution in [0.15, 0.2) is 46.8 Å². The second-order valence-corrected chi connectivity index (χ2v) is 8.38. The molecule has 12 heteroatoms. The van der Waals surface area contributed by atoms with Gasteiger partial charge in [0.25, 0.3) is 0 Å². The molecule has 2 heterocycles. The van der Waals surface area contributed by atoms with Crippen molar-refractivity contribution in [2.75, 3.05) is 33.2 Å². The number of nitrogen functional groups attached to an aromatic ring is 1. The zero-order chi connectivity index (χ0) is 26.4. The van der Waals surface area contributed by atoms with Crippen LogP contribution in [0.2, 0.25) is 10.0 Å². The van der Waals surface area contributed by atoms with Gasteiger partial charge in [-0.1, -0.05) is 35.3 Å². The van der Waals surface area contributed by atoms with Crippen LogP contribution < -0.4 is 15.8 Å². The standard InChI is InChI=1S/C24H26Cl2N4O6/c1-5-36-23(32)20-16(11-35-10-13-9-17(33-3)30-24(27)29-13)28-12(2)18(22(31)34-4)19(20)14-7-6-8-15(25)21(14)26/h6-9,19,28H,5,10-11H2,1-4H3,(H2,27,29,30). The molecule has 0 amide bonds. The van der Waals surface area contributed by atoms with E-state index in [4.69, 9.17) is 47.9 Å². The van der Waals surface area contributed by atoms with Crippen LogP contribution in [0.25, 0.3) is 0 Å². The van der Waals surface area contributed by atoms with E-state index in [1.54, 1.807) is 38.1 Å². The van der Waals surface area contributed by atoms with E-state index in [1.165, 1.54) is 14.2 Å². The number of esters is 2. The van der Waals surface area contributed by atoms with Crippen molar-refractivity contribution in [3.05, 3.63) is 68.1 Å². The van der Waals surface area contributed by atoms with E-state index in [0.29, 0.717) is 28.5 Å². The third-order valence-electron chi connectivity index (χ3n) is 5.32. The van der Waals surface area contributed by atoms with Gasteiger partial charge in [0.05, 0.1) is 72.5 Å². The number of anilines is 1. The minimum Gasteiger partial charge on any atom is -0.481 e. The molecule has 2 aromatic rings. The first-order chi connectivity index (χ1) is 17.2. The summed E-state index contributed by atoms with van der Waals surface area (Å²) in [5.74, 6) is -1.87. The number of allylic oxidation sites excluding steroid dienone is 1. The lowest BCUT2D eigenvalue weighted by molar-refractivity contribution is -0.139. The SMILES string of the molecule is CCOC(=O)C1=C(COCc2cc(OC)nc(N)n2)NC(C)=C(C(=O)OC)C1c1cccc(Cl)c1Cl. The van der Waals surface area contributed by atoms with Crippen molar-refractivity contribution in [2.45, 2.75) is 26.4 Å². The average molecular weight is 537 g/mol. The van der Waals surface area contributed by atoms with Gasteiger partial charge in [0, 0.05) is 11.8 Å². The number of hydrogen-bond acceptors (Lipinski definition) is 10. The highest BCUT2D eigenvalue weighted by Gasteiger charge is 2.40. The van der Waals surface area contributed by atoms with Crippen LogP contribution in [0.5, 0.6) is 5.88 Å². The molecule has 36 heavy (non-hydrogen) atoms. The molecular formula is C24H26Cl2N4O6. The van der Waals surface area contributed by atoms with Crippen LogP contribution in [0, 0.1) is 0 Å². The summed E-state index contributed by atoms with van der Waals surface area (Å²) in [7, 11) is 2.72.